The first kappa shape index (κ1) is 9.05. The van der Waals surface area contributed by atoms with Crippen LogP contribution in [0.2, 0.25) is 0 Å². The second kappa shape index (κ2) is 2.78. The standard InChI is InChI=1S/C10H21N/c1-5-7-8(6-11)9(7)10(2,3)4/h7-9H,5-6,11H2,1-4H3. The van der Waals surface area contributed by atoms with Crippen LogP contribution in [0.25, 0.3) is 0 Å². The van der Waals surface area contributed by atoms with E-state index in [0.717, 1.165) is 24.3 Å². The Morgan fingerprint density at radius 2 is 1.73 bits per heavy atom. The quantitative estimate of drug-likeness (QED) is 0.650. The van der Waals surface area contributed by atoms with E-state index in [4.69, 9.17) is 5.73 Å². The van der Waals surface area contributed by atoms with Crippen molar-refractivity contribution >= 4 is 0 Å². The molecule has 1 aliphatic carbocycles. The van der Waals surface area contributed by atoms with E-state index in [9.17, 15) is 0 Å². The van der Waals surface area contributed by atoms with Gasteiger partial charge in [0, 0.05) is 0 Å². The molecule has 0 bridgehead atoms. The van der Waals surface area contributed by atoms with Gasteiger partial charge in [-0.2, -0.15) is 0 Å². The minimum atomic E-state index is 0.477. The van der Waals surface area contributed by atoms with Gasteiger partial charge in [-0.15, -0.1) is 0 Å². The Balaban J connectivity index is 2.51. The molecule has 0 aliphatic heterocycles. The molecule has 1 rings (SSSR count). The highest BCUT2D eigenvalue weighted by molar-refractivity contribution is 5.02. The van der Waals surface area contributed by atoms with Crippen molar-refractivity contribution < 1.29 is 0 Å². The second-order valence-electron chi connectivity index (χ2n) is 4.86. The molecule has 0 aromatic rings. The molecule has 11 heavy (non-hydrogen) atoms. The lowest BCUT2D eigenvalue weighted by atomic mass is 9.87. The van der Waals surface area contributed by atoms with Gasteiger partial charge in [0.1, 0.15) is 0 Å². The highest BCUT2D eigenvalue weighted by atomic mass is 14.7. The summed E-state index contributed by atoms with van der Waals surface area (Å²) in [7, 11) is 0. The topological polar surface area (TPSA) is 26.0 Å². The first-order valence-electron chi connectivity index (χ1n) is 4.72. The Bertz CT molecular complexity index is 124. The molecule has 1 aliphatic rings. The van der Waals surface area contributed by atoms with Gasteiger partial charge in [-0.05, 0) is 29.7 Å². The van der Waals surface area contributed by atoms with Gasteiger partial charge in [-0.25, -0.2) is 0 Å². The van der Waals surface area contributed by atoms with E-state index in [0.29, 0.717) is 5.41 Å². The molecule has 2 N–H and O–H groups in total. The summed E-state index contributed by atoms with van der Waals surface area (Å²) in [6, 6.07) is 0. The van der Waals surface area contributed by atoms with E-state index < -0.39 is 0 Å². The van der Waals surface area contributed by atoms with Crippen LogP contribution in [0, 0.1) is 23.2 Å². The summed E-state index contributed by atoms with van der Waals surface area (Å²) in [5.41, 5.74) is 6.16. The largest absolute Gasteiger partial charge is 0.330 e. The molecule has 1 nitrogen and oxygen atoms in total. The molecule has 66 valence electrons. The zero-order chi connectivity index (χ0) is 8.65. The number of nitrogens with two attached hydrogens (primary N) is 1. The van der Waals surface area contributed by atoms with Crippen LogP contribution in [-0.4, -0.2) is 6.54 Å². The van der Waals surface area contributed by atoms with Crippen LogP contribution in [0.4, 0.5) is 0 Å². The first-order valence-corrected chi connectivity index (χ1v) is 4.72. The molecule has 1 fully saturated rings. The number of rotatable bonds is 2. The molecule has 3 atom stereocenters. The minimum Gasteiger partial charge on any atom is -0.330 e. The van der Waals surface area contributed by atoms with Crippen LogP contribution in [-0.2, 0) is 0 Å². The summed E-state index contributed by atoms with van der Waals surface area (Å²) >= 11 is 0. The van der Waals surface area contributed by atoms with Crippen molar-refractivity contribution in [2.45, 2.75) is 34.1 Å². The second-order valence-corrected chi connectivity index (χ2v) is 4.86. The molecule has 0 saturated heterocycles. The van der Waals surface area contributed by atoms with E-state index in [1.165, 1.54) is 6.42 Å². The van der Waals surface area contributed by atoms with E-state index in [2.05, 4.69) is 27.7 Å². The van der Waals surface area contributed by atoms with Crippen molar-refractivity contribution in [2.24, 2.45) is 28.9 Å². The van der Waals surface area contributed by atoms with Crippen LogP contribution in [0.15, 0.2) is 0 Å². The zero-order valence-electron chi connectivity index (χ0n) is 8.22. The molecular formula is C10H21N. The maximum atomic E-state index is 5.69. The molecule has 0 amide bonds. The van der Waals surface area contributed by atoms with Gasteiger partial charge in [0.2, 0.25) is 0 Å². The lowest BCUT2D eigenvalue weighted by Gasteiger charge is -2.18. The molecule has 1 heteroatoms. The fraction of sp³-hybridized carbons (Fsp3) is 1.00. The average Bonchev–Trinajstić information content (AvgIpc) is 2.58. The Morgan fingerprint density at radius 3 is 1.82 bits per heavy atom. The van der Waals surface area contributed by atoms with E-state index in [1.54, 1.807) is 0 Å². The Hall–Kier alpha value is -0.0400. The smallest absolute Gasteiger partial charge is 0.00432 e. The molecular weight excluding hydrogens is 134 g/mol. The van der Waals surface area contributed by atoms with E-state index >= 15 is 0 Å². The molecule has 0 heterocycles. The number of hydrogen-bond donors (Lipinski definition) is 1. The first-order chi connectivity index (χ1) is 5.02. The Morgan fingerprint density at radius 1 is 1.18 bits per heavy atom. The van der Waals surface area contributed by atoms with Crippen LogP contribution >= 0.6 is 0 Å². The molecule has 1 saturated carbocycles. The maximum Gasteiger partial charge on any atom is -0.00432 e. The number of hydrogen-bond acceptors (Lipinski definition) is 1. The minimum absolute atomic E-state index is 0.477. The summed E-state index contributed by atoms with van der Waals surface area (Å²) in [6.45, 7) is 10.2. The van der Waals surface area contributed by atoms with Crippen molar-refractivity contribution in [3.05, 3.63) is 0 Å². The van der Waals surface area contributed by atoms with Gasteiger partial charge in [0.25, 0.3) is 0 Å². The molecule has 0 radical (unpaired) electrons. The molecule has 0 aromatic heterocycles. The molecule has 0 spiro atoms. The lowest BCUT2D eigenvalue weighted by molar-refractivity contribution is 0.316. The highest BCUT2D eigenvalue weighted by Crippen LogP contribution is 2.57. The van der Waals surface area contributed by atoms with Crippen LogP contribution < -0.4 is 5.73 Å². The fourth-order valence-electron chi connectivity index (χ4n) is 2.61. The summed E-state index contributed by atoms with van der Waals surface area (Å²) in [4.78, 5) is 0. The van der Waals surface area contributed by atoms with Gasteiger partial charge in [0.05, 0.1) is 0 Å². The van der Waals surface area contributed by atoms with Gasteiger partial charge < -0.3 is 5.73 Å². The van der Waals surface area contributed by atoms with Gasteiger partial charge in [-0.1, -0.05) is 34.1 Å². The SMILES string of the molecule is CCC1C(CN)C1C(C)(C)C. The Kier molecular flexibility index (Phi) is 2.29. The monoisotopic (exact) mass is 155 g/mol. The molecule has 3 unspecified atom stereocenters. The van der Waals surface area contributed by atoms with Crippen molar-refractivity contribution in [3.8, 4) is 0 Å². The highest BCUT2D eigenvalue weighted by Gasteiger charge is 2.53. The van der Waals surface area contributed by atoms with Gasteiger partial charge in [0.15, 0.2) is 0 Å². The van der Waals surface area contributed by atoms with Gasteiger partial charge in [-0.3, -0.25) is 0 Å². The normalized spacial score (nSPS) is 37.4. The Labute approximate surface area is 70.4 Å². The third-order valence-electron chi connectivity index (χ3n) is 3.08. The fourth-order valence-corrected chi connectivity index (χ4v) is 2.61. The van der Waals surface area contributed by atoms with Crippen molar-refractivity contribution in [1.29, 1.82) is 0 Å². The predicted octanol–water partition coefficient (Wildman–Crippen LogP) is 2.26. The summed E-state index contributed by atoms with van der Waals surface area (Å²) in [5, 5.41) is 0. The zero-order valence-corrected chi connectivity index (χ0v) is 8.22. The van der Waals surface area contributed by atoms with E-state index in [-0.39, 0.29) is 0 Å². The summed E-state index contributed by atoms with van der Waals surface area (Å²) in [6.07, 6.45) is 1.31. The third-order valence-corrected chi connectivity index (χ3v) is 3.08. The summed E-state index contributed by atoms with van der Waals surface area (Å²) in [5.74, 6) is 2.62. The van der Waals surface area contributed by atoms with Crippen molar-refractivity contribution in [3.63, 3.8) is 0 Å². The van der Waals surface area contributed by atoms with Crippen molar-refractivity contribution in [2.75, 3.05) is 6.54 Å². The predicted molar refractivity (Wildman–Crippen MR) is 49.3 cm³/mol. The van der Waals surface area contributed by atoms with Crippen molar-refractivity contribution in [1.82, 2.24) is 0 Å². The third kappa shape index (κ3) is 1.58. The summed E-state index contributed by atoms with van der Waals surface area (Å²) < 4.78 is 0. The van der Waals surface area contributed by atoms with Crippen LogP contribution in [0.5, 0.6) is 0 Å². The molecule has 0 aromatic carbocycles. The average molecular weight is 155 g/mol. The van der Waals surface area contributed by atoms with Gasteiger partial charge >= 0.3 is 0 Å². The van der Waals surface area contributed by atoms with Crippen LogP contribution in [0.1, 0.15) is 34.1 Å². The maximum absolute atomic E-state index is 5.69. The van der Waals surface area contributed by atoms with E-state index in [1.807, 2.05) is 0 Å². The van der Waals surface area contributed by atoms with Crippen LogP contribution in [0.3, 0.4) is 0 Å². The lowest BCUT2D eigenvalue weighted by Crippen LogP contribution is -2.13.